The Labute approximate surface area is 79.4 Å². The van der Waals surface area contributed by atoms with E-state index >= 15 is 0 Å². The number of hydrogen-bond acceptors (Lipinski definition) is 1. The van der Waals surface area contributed by atoms with E-state index in [1.807, 2.05) is 6.07 Å². The van der Waals surface area contributed by atoms with Gasteiger partial charge in [0.15, 0.2) is 0 Å². The molecular weight excluding hydrogens is 160 g/mol. The Balaban J connectivity index is 2.44. The van der Waals surface area contributed by atoms with Gasteiger partial charge in [0.2, 0.25) is 0 Å². The molecule has 1 aliphatic rings. The van der Waals surface area contributed by atoms with E-state index in [4.69, 9.17) is 0 Å². The topological polar surface area (TPSA) is 20.2 Å². The number of rotatable bonds is 0. The second kappa shape index (κ2) is 3.06. The minimum absolute atomic E-state index is 0.403. The molecule has 2 unspecified atom stereocenters. The van der Waals surface area contributed by atoms with Gasteiger partial charge in [-0.2, -0.15) is 0 Å². The van der Waals surface area contributed by atoms with E-state index in [1.54, 1.807) is 6.07 Å². The maximum absolute atomic E-state index is 9.34. The molecule has 1 N–H and O–H groups in total. The molecule has 0 saturated carbocycles. The van der Waals surface area contributed by atoms with Gasteiger partial charge in [-0.25, -0.2) is 0 Å². The van der Waals surface area contributed by atoms with Gasteiger partial charge in [0, 0.05) is 0 Å². The van der Waals surface area contributed by atoms with Gasteiger partial charge in [-0.3, -0.25) is 0 Å². The highest BCUT2D eigenvalue weighted by Gasteiger charge is 2.22. The Morgan fingerprint density at radius 3 is 2.85 bits per heavy atom. The standard InChI is InChI=1S/C12H16O/c1-8-3-4-10-7-11(13)5-6-12(10)9(8)2/h5-9,13H,3-4H2,1-2H3. The summed E-state index contributed by atoms with van der Waals surface area (Å²) in [5.74, 6) is 1.82. The molecule has 0 saturated heterocycles. The third-order valence-corrected chi connectivity index (χ3v) is 3.34. The SMILES string of the molecule is CC1CCc2cc(O)ccc2C1C. The molecule has 0 bridgehead atoms. The molecule has 13 heavy (non-hydrogen) atoms. The van der Waals surface area contributed by atoms with Crippen molar-refractivity contribution >= 4 is 0 Å². The Bertz CT molecular complexity index is 317. The van der Waals surface area contributed by atoms with Crippen LogP contribution in [-0.2, 0) is 6.42 Å². The molecule has 1 aliphatic carbocycles. The Hall–Kier alpha value is -0.980. The number of phenolic OH excluding ortho intramolecular Hbond substituents is 1. The fraction of sp³-hybridized carbons (Fsp3) is 0.500. The summed E-state index contributed by atoms with van der Waals surface area (Å²) in [6, 6.07) is 5.79. The van der Waals surface area contributed by atoms with E-state index in [0.29, 0.717) is 11.7 Å². The minimum Gasteiger partial charge on any atom is -0.508 e. The van der Waals surface area contributed by atoms with Crippen LogP contribution in [0.15, 0.2) is 18.2 Å². The Morgan fingerprint density at radius 2 is 2.08 bits per heavy atom. The van der Waals surface area contributed by atoms with E-state index in [9.17, 15) is 5.11 Å². The molecule has 0 aromatic heterocycles. The molecule has 0 spiro atoms. The molecule has 0 fully saturated rings. The Kier molecular flexibility index (Phi) is 2.03. The average molecular weight is 176 g/mol. The number of aryl methyl sites for hydroxylation is 1. The van der Waals surface area contributed by atoms with E-state index in [0.717, 1.165) is 12.3 Å². The molecule has 0 aliphatic heterocycles. The zero-order valence-electron chi connectivity index (χ0n) is 8.25. The Morgan fingerprint density at radius 1 is 1.31 bits per heavy atom. The molecular formula is C12H16O. The van der Waals surface area contributed by atoms with Crippen molar-refractivity contribution in [1.29, 1.82) is 0 Å². The molecule has 1 nitrogen and oxygen atoms in total. The van der Waals surface area contributed by atoms with Crippen molar-refractivity contribution in [1.82, 2.24) is 0 Å². The molecule has 0 heterocycles. The van der Waals surface area contributed by atoms with Crippen LogP contribution in [0.4, 0.5) is 0 Å². The monoisotopic (exact) mass is 176 g/mol. The zero-order chi connectivity index (χ0) is 9.42. The average Bonchev–Trinajstić information content (AvgIpc) is 2.12. The van der Waals surface area contributed by atoms with Gasteiger partial charge < -0.3 is 5.11 Å². The van der Waals surface area contributed by atoms with Crippen molar-refractivity contribution in [3.8, 4) is 5.75 Å². The summed E-state index contributed by atoms with van der Waals surface area (Å²) in [6.07, 6.45) is 2.37. The number of hydrogen-bond donors (Lipinski definition) is 1. The second-order valence-corrected chi connectivity index (χ2v) is 4.19. The quantitative estimate of drug-likeness (QED) is 0.644. The first kappa shape index (κ1) is 8.61. The molecule has 2 atom stereocenters. The van der Waals surface area contributed by atoms with Crippen molar-refractivity contribution < 1.29 is 5.11 Å². The van der Waals surface area contributed by atoms with Gasteiger partial charge in [0.05, 0.1) is 0 Å². The first-order chi connectivity index (χ1) is 6.18. The van der Waals surface area contributed by atoms with E-state index in [2.05, 4.69) is 19.9 Å². The maximum Gasteiger partial charge on any atom is 0.115 e. The highest BCUT2D eigenvalue weighted by atomic mass is 16.3. The molecule has 1 aromatic rings. The van der Waals surface area contributed by atoms with Crippen molar-refractivity contribution in [3.63, 3.8) is 0 Å². The van der Waals surface area contributed by atoms with Crippen molar-refractivity contribution in [2.45, 2.75) is 32.6 Å². The summed E-state index contributed by atoms with van der Waals surface area (Å²) in [6.45, 7) is 4.58. The summed E-state index contributed by atoms with van der Waals surface area (Å²) in [5.41, 5.74) is 2.77. The second-order valence-electron chi connectivity index (χ2n) is 4.19. The van der Waals surface area contributed by atoms with Gasteiger partial charge in [-0.15, -0.1) is 0 Å². The van der Waals surface area contributed by atoms with Gasteiger partial charge in [-0.1, -0.05) is 19.9 Å². The van der Waals surface area contributed by atoms with Crippen LogP contribution in [0, 0.1) is 5.92 Å². The van der Waals surface area contributed by atoms with Crippen LogP contribution in [0.25, 0.3) is 0 Å². The van der Waals surface area contributed by atoms with Gasteiger partial charge >= 0.3 is 0 Å². The van der Waals surface area contributed by atoms with Crippen LogP contribution >= 0.6 is 0 Å². The van der Waals surface area contributed by atoms with Crippen LogP contribution in [0.2, 0.25) is 0 Å². The highest BCUT2D eigenvalue weighted by Crippen LogP contribution is 2.36. The zero-order valence-corrected chi connectivity index (χ0v) is 8.25. The summed E-state index contributed by atoms with van der Waals surface area (Å²) in [5, 5.41) is 9.34. The van der Waals surface area contributed by atoms with Crippen LogP contribution in [0.3, 0.4) is 0 Å². The summed E-state index contributed by atoms with van der Waals surface area (Å²) in [4.78, 5) is 0. The van der Waals surface area contributed by atoms with Crippen LogP contribution in [-0.4, -0.2) is 5.11 Å². The van der Waals surface area contributed by atoms with E-state index in [-0.39, 0.29) is 0 Å². The predicted molar refractivity (Wildman–Crippen MR) is 54.0 cm³/mol. The first-order valence-corrected chi connectivity index (χ1v) is 5.00. The maximum atomic E-state index is 9.34. The van der Waals surface area contributed by atoms with Crippen molar-refractivity contribution in [3.05, 3.63) is 29.3 Å². The normalized spacial score (nSPS) is 26.9. The van der Waals surface area contributed by atoms with Gasteiger partial charge in [-0.05, 0) is 47.9 Å². The lowest BCUT2D eigenvalue weighted by Crippen LogP contribution is -2.15. The van der Waals surface area contributed by atoms with Gasteiger partial charge in [0.25, 0.3) is 0 Å². The lowest BCUT2D eigenvalue weighted by Gasteiger charge is -2.28. The largest absolute Gasteiger partial charge is 0.508 e. The lowest BCUT2D eigenvalue weighted by molar-refractivity contribution is 0.421. The van der Waals surface area contributed by atoms with Gasteiger partial charge in [0.1, 0.15) is 5.75 Å². The van der Waals surface area contributed by atoms with E-state index < -0.39 is 0 Å². The fourth-order valence-corrected chi connectivity index (χ4v) is 2.19. The van der Waals surface area contributed by atoms with Crippen LogP contribution in [0.5, 0.6) is 5.75 Å². The van der Waals surface area contributed by atoms with Crippen LogP contribution < -0.4 is 0 Å². The van der Waals surface area contributed by atoms with E-state index in [1.165, 1.54) is 17.5 Å². The third kappa shape index (κ3) is 1.43. The summed E-state index contributed by atoms with van der Waals surface area (Å²) in [7, 11) is 0. The highest BCUT2D eigenvalue weighted by molar-refractivity contribution is 5.38. The summed E-state index contributed by atoms with van der Waals surface area (Å²) < 4.78 is 0. The smallest absolute Gasteiger partial charge is 0.115 e. The lowest BCUT2D eigenvalue weighted by atomic mass is 9.77. The predicted octanol–water partition coefficient (Wildman–Crippen LogP) is 3.08. The fourth-order valence-electron chi connectivity index (χ4n) is 2.19. The third-order valence-electron chi connectivity index (χ3n) is 3.34. The number of phenols is 1. The number of aromatic hydroxyl groups is 1. The molecule has 1 aromatic carbocycles. The number of fused-ring (bicyclic) bond motifs is 1. The molecule has 70 valence electrons. The first-order valence-electron chi connectivity index (χ1n) is 5.00. The molecule has 0 radical (unpaired) electrons. The minimum atomic E-state index is 0.403. The van der Waals surface area contributed by atoms with Crippen molar-refractivity contribution in [2.75, 3.05) is 0 Å². The van der Waals surface area contributed by atoms with Crippen molar-refractivity contribution in [2.24, 2.45) is 5.92 Å². The molecule has 2 rings (SSSR count). The number of benzene rings is 1. The molecule has 1 heteroatoms. The molecule has 0 amide bonds. The van der Waals surface area contributed by atoms with Crippen LogP contribution in [0.1, 0.15) is 37.3 Å². The summed E-state index contributed by atoms with van der Waals surface area (Å²) >= 11 is 0.